The minimum absolute atomic E-state index is 0.511. The molecule has 1 saturated heterocycles. The van der Waals surface area contributed by atoms with Crippen LogP contribution in [0.15, 0.2) is 0 Å². The van der Waals surface area contributed by atoms with Crippen LogP contribution in [-0.2, 0) is 14.4 Å². The molecule has 0 saturated carbocycles. The first-order chi connectivity index (χ1) is 6.86. The van der Waals surface area contributed by atoms with Crippen LogP contribution in [0.4, 0.5) is 4.79 Å². The number of hydrogen-bond acceptors (Lipinski definition) is 5. The van der Waals surface area contributed by atoms with Crippen LogP contribution >= 0.6 is 0 Å². The van der Waals surface area contributed by atoms with Gasteiger partial charge in [-0.3, -0.25) is 24.2 Å². The third-order valence-electron chi connectivity index (χ3n) is 1.95. The summed E-state index contributed by atoms with van der Waals surface area (Å²) in [5, 5.41) is 8.47. The van der Waals surface area contributed by atoms with E-state index in [-0.39, 0.29) is 0 Å². The highest BCUT2D eigenvalue weighted by Crippen LogP contribution is 2.09. The van der Waals surface area contributed by atoms with Crippen LogP contribution in [0.1, 0.15) is 0 Å². The summed E-state index contributed by atoms with van der Waals surface area (Å²) in [5.74, 6) is -3.39. The average Bonchev–Trinajstić information content (AvgIpc) is 2.35. The first-order valence-electron chi connectivity index (χ1n) is 3.98. The first-order valence-corrected chi connectivity index (χ1v) is 3.98. The van der Waals surface area contributed by atoms with E-state index in [4.69, 9.17) is 10.8 Å². The van der Waals surface area contributed by atoms with Crippen LogP contribution in [0.3, 0.4) is 0 Å². The van der Waals surface area contributed by atoms with Crippen molar-refractivity contribution in [1.82, 2.24) is 9.80 Å². The Morgan fingerprint density at radius 1 is 1.40 bits per heavy atom. The number of nitrogens with two attached hydrogens (primary N) is 1. The fourth-order valence-electron chi connectivity index (χ4n) is 1.05. The third-order valence-corrected chi connectivity index (χ3v) is 1.95. The van der Waals surface area contributed by atoms with Crippen molar-refractivity contribution in [3.8, 4) is 0 Å². The molecule has 0 radical (unpaired) electrons. The summed E-state index contributed by atoms with van der Waals surface area (Å²) >= 11 is 0. The predicted molar refractivity (Wildman–Crippen MR) is 45.5 cm³/mol. The highest BCUT2D eigenvalue weighted by atomic mass is 16.4. The van der Waals surface area contributed by atoms with Crippen molar-refractivity contribution < 1.29 is 24.3 Å². The topological polar surface area (TPSA) is 121 Å². The maximum absolute atomic E-state index is 11.2. The second-order valence-electron chi connectivity index (χ2n) is 3.01. The van der Waals surface area contributed by atoms with Gasteiger partial charge in [0.2, 0.25) is 0 Å². The number of carboxylic acid groups (broad SMARTS) is 1. The second-order valence-corrected chi connectivity index (χ2v) is 3.01. The molecule has 15 heavy (non-hydrogen) atoms. The van der Waals surface area contributed by atoms with E-state index >= 15 is 0 Å². The lowest BCUT2D eigenvalue weighted by atomic mass is 10.3. The summed E-state index contributed by atoms with van der Waals surface area (Å²) in [4.78, 5) is 44.9. The molecular weight excluding hydrogens is 206 g/mol. The van der Waals surface area contributed by atoms with Crippen molar-refractivity contribution in [3.63, 3.8) is 0 Å². The Morgan fingerprint density at radius 3 is 2.27 bits per heavy atom. The van der Waals surface area contributed by atoms with E-state index in [9.17, 15) is 19.2 Å². The van der Waals surface area contributed by atoms with Crippen LogP contribution in [0.25, 0.3) is 0 Å². The molecule has 0 aromatic carbocycles. The molecular formula is C7H9N3O5. The summed E-state index contributed by atoms with van der Waals surface area (Å²) in [6, 6.07) is -2.25. The average molecular weight is 215 g/mol. The third kappa shape index (κ3) is 1.79. The highest BCUT2D eigenvalue weighted by molar-refractivity contribution is 6.44. The van der Waals surface area contributed by atoms with Gasteiger partial charge in [0.05, 0.1) is 6.54 Å². The molecule has 0 aromatic rings. The Morgan fingerprint density at radius 2 is 1.93 bits per heavy atom. The number of hydrogen-bond donors (Lipinski definition) is 2. The molecule has 1 fully saturated rings. The fraction of sp³-hybridized carbons (Fsp3) is 0.429. The molecule has 1 unspecified atom stereocenters. The highest BCUT2D eigenvalue weighted by Gasteiger charge is 2.43. The van der Waals surface area contributed by atoms with Gasteiger partial charge in [0, 0.05) is 7.05 Å². The smallest absolute Gasteiger partial charge is 0.334 e. The summed E-state index contributed by atoms with van der Waals surface area (Å²) in [7, 11) is 1.13. The normalized spacial score (nSPS) is 18.7. The summed E-state index contributed by atoms with van der Waals surface area (Å²) < 4.78 is 0. The molecule has 1 heterocycles. The summed E-state index contributed by atoms with van der Waals surface area (Å²) in [5.41, 5.74) is 5.14. The van der Waals surface area contributed by atoms with E-state index < -0.39 is 36.4 Å². The van der Waals surface area contributed by atoms with Crippen LogP contribution in [0.5, 0.6) is 0 Å². The Hall–Kier alpha value is -1.96. The zero-order chi connectivity index (χ0) is 11.7. The molecule has 0 aromatic heterocycles. The van der Waals surface area contributed by atoms with E-state index in [0.29, 0.717) is 9.80 Å². The van der Waals surface area contributed by atoms with Gasteiger partial charge in [-0.05, 0) is 0 Å². The largest absolute Gasteiger partial charge is 0.480 e. The molecule has 3 N–H and O–H groups in total. The number of amides is 4. The van der Waals surface area contributed by atoms with Gasteiger partial charge in [0.25, 0.3) is 0 Å². The number of urea groups is 1. The van der Waals surface area contributed by atoms with Gasteiger partial charge in [-0.25, -0.2) is 4.79 Å². The number of carbonyl (C=O) groups is 4. The van der Waals surface area contributed by atoms with Crippen LogP contribution in [0.2, 0.25) is 0 Å². The first kappa shape index (κ1) is 11.1. The van der Waals surface area contributed by atoms with Gasteiger partial charge >= 0.3 is 23.8 Å². The van der Waals surface area contributed by atoms with Crippen molar-refractivity contribution in [2.24, 2.45) is 5.73 Å². The molecule has 0 bridgehead atoms. The lowest BCUT2D eigenvalue weighted by Crippen LogP contribution is -2.45. The molecule has 0 aliphatic carbocycles. The number of likely N-dealkylation sites (N-methyl/N-ethyl adjacent to an activating group) is 1. The monoisotopic (exact) mass is 215 g/mol. The summed E-state index contributed by atoms with van der Waals surface area (Å²) in [6.07, 6.45) is 0. The van der Waals surface area contributed by atoms with Gasteiger partial charge in [-0.15, -0.1) is 0 Å². The molecule has 8 heteroatoms. The predicted octanol–water partition coefficient (Wildman–Crippen LogP) is -2.18. The minimum atomic E-state index is -1.39. The number of imide groups is 2. The number of carbonyl (C=O) groups excluding carboxylic acids is 3. The van der Waals surface area contributed by atoms with E-state index in [1.165, 1.54) is 0 Å². The van der Waals surface area contributed by atoms with Gasteiger partial charge in [-0.1, -0.05) is 0 Å². The van der Waals surface area contributed by atoms with Gasteiger partial charge in [0.1, 0.15) is 6.04 Å². The molecule has 8 nitrogen and oxygen atoms in total. The maximum atomic E-state index is 11.2. The molecule has 0 spiro atoms. The zero-order valence-electron chi connectivity index (χ0n) is 7.84. The van der Waals surface area contributed by atoms with Crippen LogP contribution in [-0.4, -0.2) is 58.4 Å². The van der Waals surface area contributed by atoms with Crippen molar-refractivity contribution in [3.05, 3.63) is 0 Å². The second kappa shape index (κ2) is 3.65. The van der Waals surface area contributed by atoms with Crippen LogP contribution in [0, 0.1) is 0 Å². The van der Waals surface area contributed by atoms with Gasteiger partial charge in [0.15, 0.2) is 0 Å². The number of rotatable bonds is 3. The standard InChI is InChI=1S/C7H9N3O5/c1-9-4(11)5(12)10(7(9)15)2-3(8)6(13)14/h3H,2,8H2,1H3,(H,13,14). The van der Waals surface area contributed by atoms with E-state index in [0.717, 1.165) is 7.05 Å². The Bertz CT molecular complexity index is 353. The molecule has 1 aliphatic heterocycles. The maximum Gasteiger partial charge on any atom is 0.334 e. The van der Waals surface area contributed by atoms with Gasteiger partial charge in [-0.2, -0.15) is 0 Å². The van der Waals surface area contributed by atoms with E-state index in [1.54, 1.807) is 0 Å². The fourth-order valence-corrected chi connectivity index (χ4v) is 1.05. The van der Waals surface area contributed by atoms with Crippen molar-refractivity contribution >= 4 is 23.8 Å². The van der Waals surface area contributed by atoms with Crippen LogP contribution < -0.4 is 5.73 Å². The SMILES string of the molecule is CN1C(=O)C(=O)N(CC(N)C(=O)O)C1=O. The molecule has 1 aliphatic rings. The Labute approximate surface area is 84.2 Å². The quantitative estimate of drug-likeness (QED) is 0.407. The van der Waals surface area contributed by atoms with Crippen molar-refractivity contribution in [2.45, 2.75) is 6.04 Å². The van der Waals surface area contributed by atoms with Crippen molar-refractivity contribution in [1.29, 1.82) is 0 Å². The Kier molecular flexibility index (Phi) is 2.71. The molecule has 1 atom stereocenters. The number of aliphatic carboxylic acids is 1. The molecule has 82 valence electrons. The number of carboxylic acids is 1. The minimum Gasteiger partial charge on any atom is -0.480 e. The van der Waals surface area contributed by atoms with E-state index in [2.05, 4.69) is 0 Å². The summed E-state index contributed by atoms with van der Waals surface area (Å²) in [6.45, 7) is -0.511. The molecule has 1 rings (SSSR count). The lowest BCUT2D eigenvalue weighted by Gasteiger charge is -2.14. The van der Waals surface area contributed by atoms with Crippen molar-refractivity contribution in [2.75, 3.05) is 13.6 Å². The molecule has 4 amide bonds. The lowest BCUT2D eigenvalue weighted by molar-refractivity contribution is -0.144. The number of nitrogens with zero attached hydrogens (tertiary/aromatic N) is 2. The van der Waals surface area contributed by atoms with E-state index in [1.807, 2.05) is 0 Å². The van der Waals surface area contributed by atoms with Gasteiger partial charge < -0.3 is 10.8 Å². The Balaban J connectivity index is 2.80. The zero-order valence-corrected chi connectivity index (χ0v) is 7.84.